The van der Waals surface area contributed by atoms with Crippen molar-refractivity contribution in [3.8, 4) is 5.69 Å². The summed E-state index contributed by atoms with van der Waals surface area (Å²) in [5.41, 5.74) is 2.09. The van der Waals surface area contributed by atoms with E-state index in [1.54, 1.807) is 11.8 Å². The molecular weight excluding hydrogens is 482 g/mol. The Balaban J connectivity index is 1.47. The second-order valence-electron chi connectivity index (χ2n) is 9.06. The van der Waals surface area contributed by atoms with E-state index >= 15 is 0 Å². The Kier molecular flexibility index (Phi) is 6.88. The number of halogens is 1. The third-order valence-electron chi connectivity index (χ3n) is 6.79. The fourth-order valence-corrected chi connectivity index (χ4v) is 6.59. The van der Waals surface area contributed by atoms with Crippen molar-refractivity contribution < 1.29 is 4.79 Å². The lowest BCUT2D eigenvalue weighted by molar-refractivity contribution is -0.124. The van der Waals surface area contributed by atoms with Crippen LogP contribution < -0.4 is 0 Å². The van der Waals surface area contributed by atoms with Crippen LogP contribution in [-0.4, -0.2) is 32.6 Å². The molecule has 32 heavy (non-hydrogen) atoms. The van der Waals surface area contributed by atoms with E-state index in [2.05, 4.69) is 43.6 Å². The third-order valence-corrected chi connectivity index (χ3v) is 8.28. The maximum absolute atomic E-state index is 13.6. The molecule has 3 aliphatic rings. The first-order chi connectivity index (χ1) is 15.7. The second kappa shape index (κ2) is 10.0. The molecule has 0 spiro atoms. The Morgan fingerprint density at radius 2 is 1.72 bits per heavy atom. The molecule has 2 aliphatic carbocycles. The fourth-order valence-electron chi connectivity index (χ4n) is 5.11. The van der Waals surface area contributed by atoms with Crippen LogP contribution in [0.3, 0.4) is 0 Å². The summed E-state index contributed by atoms with van der Waals surface area (Å²) in [4.78, 5) is 21.6. The largest absolute Gasteiger partial charge is 0.317 e. The van der Waals surface area contributed by atoms with Crippen molar-refractivity contribution in [1.29, 1.82) is 0 Å². The fraction of sp³-hybridized carbons (Fsp3) is 0.462. The van der Waals surface area contributed by atoms with Gasteiger partial charge in [0.1, 0.15) is 0 Å². The number of benzene rings is 1. The van der Waals surface area contributed by atoms with E-state index in [9.17, 15) is 4.79 Å². The van der Waals surface area contributed by atoms with E-state index in [1.165, 1.54) is 38.5 Å². The molecule has 1 aromatic carbocycles. The normalized spacial score (nSPS) is 23.5. The molecule has 1 saturated heterocycles. The van der Waals surface area contributed by atoms with Gasteiger partial charge in [-0.05, 0) is 73.9 Å². The number of aliphatic imine (C=N–C) groups is 1. The number of hydrogen-bond donors (Lipinski definition) is 0. The highest BCUT2D eigenvalue weighted by atomic mass is 79.9. The van der Waals surface area contributed by atoms with Crippen LogP contribution >= 0.6 is 27.7 Å². The third kappa shape index (κ3) is 4.76. The predicted molar refractivity (Wildman–Crippen MR) is 137 cm³/mol. The monoisotopic (exact) mass is 511 g/mol. The van der Waals surface area contributed by atoms with Crippen molar-refractivity contribution in [2.75, 3.05) is 0 Å². The van der Waals surface area contributed by atoms with Crippen LogP contribution in [0.1, 0.15) is 69.9 Å². The van der Waals surface area contributed by atoms with Gasteiger partial charge >= 0.3 is 0 Å². The number of carbonyl (C=O) groups excluding carboxylic acids is 1. The first-order valence-corrected chi connectivity index (χ1v) is 13.5. The Bertz CT molecular complexity index is 1030. The minimum Gasteiger partial charge on any atom is -0.317 e. The zero-order valence-corrected chi connectivity index (χ0v) is 20.8. The topological polar surface area (TPSA) is 37.6 Å². The molecule has 1 amide bonds. The molecule has 0 unspecified atom stereocenters. The summed E-state index contributed by atoms with van der Waals surface area (Å²) >= 11 is 5.15. The molecule has 5 rings (SSSR count). The van der Waals surface area contributed by atoms with Gasteiger partial charge in [-0.15, -0.1) is 0 Å². The van der Waals surface area contributed by atoms with E-state index in [-0.39, 0.29) is 5.91 Å². The van der Waals surface area contributed by atoms with E-state index in [1.807, 2.05) is 30.5 Å². The van der Waals surface area contributed by atoms with Crippen LogP contribution in [0.2, 0.25) is 0 Å². The van der Waals surface area contributed by atoms with Crippen LogP contribution in [-0.2, 0) is 4.79 Å². The highest BCUT2D eigenvalue weighted by molar-refractivity contribution is 9.10. The van der Waals surface area contributed by atoms with Crippen molar-refractivity contribution >= 4 is 44.8 Å². The summed E-state index contributed by atoms with van der Waals surface area (Å²) in [7, 11) is 0. The molecule has 2 aromatic rings. The highest BCUT2D eigenvalue weighted by Gasteiger charge is 2.39. The molecule has 0 N–H and O–H groups in total. The first-order valence-electron chi connectivity index (χ1n) is 11.9. The smallest absolute Gasteiger partial charge is 0.267 e. The SMILES string of the molecule is O=C1/C(=C\c2cccn2-c2cccc(Br)c2)SC(=NC2CCCCC2)N1C1CCCCC1. The van der Waals surface area contributed by atoms with Gasteiger partial charge < -0.3 is 4.57 Å². The number of amides is 1. The van der Waals surface area contributed by atoms with Gasteiger partial charge in [0.2, 0.25) is 0 Å². The van der Waals surface area contributed by atoms with Gasteiger partial charge in [-0.1, -0.05) is 60.5 Å². The molecule has 0 bridgehead atoms. The molecule has 0 atom stereocenters. The number of amidine groups is 1. The molecule has 168 valence electrons. The zero-order valence-electron chi connectivity index (χ0n) is 18.4. The number of nitrogens with zero attached hydrogens (tertiary/aromatic N) is 3. The van der Waals surface area contributed by atoms with E-state index in [4.69, 9.17) is 4.99 Å². The average Bonchev–Trinajstić information content (AvgIpc) is 3.40. The van der Waals surface area contributed by atoms with Gasteiger partial charge in [-0.3, -0.25) is 14.7 Å². The van der Waals surface area contributed by atoms with Crippen LogP contribution in [0.15, 0.2) is 57.0 Å². The standard InChI is InChI=1S/C26H30BrN3OS/c27-19-9-7-14-22(17-19)29-16-8-15-23(29)18-24-25(31)30(21-12-5-2-6-13-21)26(32-24)28-20-10-3-1-4-11-20/h7-9,14-18,20-21H,1-6,10-13H2/b24-18+,28-26?. The Morgan fingerprint density at radius 3 is 2.47 bits per heavy atom. The zero-order chi connectivity index (χ0) is 21.9. The van der Waals surface area contributed by atoms with Crippen LogP contribution in [0, 0.1) is 0 Å². The highest BCUT2D eigenvalue weighted by Crippen LogP contribution is 2.38. The Morgan fingerprint density at radius 1 is 0.969 bits per heavy atom. The summed E-state index contributed by atoms with van der Waals surface area (Å²) in [5, 5.41) is 0.945. The minimum atomic E-state index is 0.137. The van der Waals surface area contributed by atoms with Gasteiger partial charge in [0.05, 0.1) is 10.9 Å². The maximum atomic E-state index is 13.6. The number of carbonyl (C=O) groups is 1. The van der Waals surface area contributed by atoms with Crippen LogP contribution in [0.4, 0.5) is 0 Å². The van der Waals surface area contributed by atoms with Gasteiger partial charge in [0, 0.05) is 28.1 Å². The van der Waals surface area contributed by atoms with Crippen LogP contribution in [0.5, 0.6) is 0 Å². The van der Waals surface area contributed by atoms with Crippen molar-refractivity contribution in [3.63, 3.8) is 0 Å². The summed E-state index contributed by atoms with van der Waals surface area (Å²) in [6.07, 6.45) is 16.1. The molecule has 3 fully saturated rings. The summed E-state index contributed by atoms with van der Waals surface area (Å²) in [6.45, 7) is 0. The second-order valence-corrected chi connectivity index (χ2v) is 11.0. The lowest BCUT2D eigenvalue weighted by Gasteiger charge is -2.31. The molecule has 6 heteroatoms. The van der Waals surface area contributed by atoms with Crippen molar-refractivity contribution in [2.45, 2.75) is 76.3 Å². The van der Waals surface area contributed by atoms with E-state index in [0.717, 1.165) is 51.6 Å². The molecule has 2 heterocycles. The molecule has 1 aromatic heterocycles. The Hall–Kier alpha value is -1.79. The Labute approximate surface area is 203 Å². The quantitative estimate of drug-likeness (QED) is 0.407. The van der Waals surface area contributed by atoms with Gasteiger partial charge in [-0.25, -0.2) is 0 Å². The van der Waals surface area contributed by atoms with Crippen molar-refractivity contribution in [3.05, 3.63) is 57.7 Å². The number of rotatable bonds is 4. The molecule has 2 saturated carbocycles. The number of aromatic nitrogens is 1. The van der Waals surface area contributed by atoms with Crippen molar-refractivity contribution in [1.82, 2.24) is 9.47 Å². The summed E-state index contributed by atoms with van der Waals surface area (Å²) in [5.74, 6) is 0.137. The predicted octanol–water partition coefficient (Wildman–Crippen LogP) is 7.18. The maximum Gasteiger partial charge on any atom is 0.267 e. The summed E-state index contributed by atoms with van der Waals surface area (Å²) < 4.78 is 3.17. The van der Waals surface area contributed by atoms with Crippen LogP contribution in [0.25, 0.3) is 11.8 Å². The molecule has 4 nitrogen and oxygen atoms in total. The van der Waals surface area contributed by atoms with E-state index in [0.29, 0.717) is 12.1 Å². The summed E-state index contributed by atoms with van der Waals surface area (Å²) in [6, 6.07) is 13.0. The molecule has 1 aliphatic heterocycles. The lowest BCUT2D eigenvalue weighted by atomic mass is 9.94. The number of hydrogen-bond acceptors (Lipinski definition) is 3. The molecule has 0 radical (unpaired) electrons. The number of thioether (sulfide) groups is 1. The van der Waals surface area contributed by atoms with Crippen molar-refractivity contribution in [2.24, 2.45) is 4.99 Å². The van der Waals surface area contributed by atoms with Gasteiger partial charge in [0.25, 0.3) is 5.91 Å². The first kappa shape index (κ1) is 22.0. The lowest BCUT2D eigenvalue weighted by Crippen LogP contribution is -2.41. The average molecular weight is 513 g/mol. The minimum absolute atomic E-state index is 0.137. The van der Waals surface area contributed by atoms with E-state index < -0.39 is 0 Å². The molecular formula is C26H30BrN3OS. The van der Waals surface area contributed by atoms with Gasteiger partial charge in [-0.2, -0.15) is 0 Å². The van der Waals surface area contributed by atoms with Gasteiger partial charge in [0.15, 0.2) is 5.17 Å².